The molecule has 4 amide bonds. The van der Waals surface area contributed by atoms with Crippen LogP contribution in [0, 0.1) is 0 Å². The minimum absolute atomic E-state index is 0.373. The third-order valence-corrected chi connectivity index (χ3v) is 7.27. The zero-order valence-corrected chi connectivity index (χ0v) is 17.8. The smallest absolute Gasteiger partial charge is 0.318 e. The van der Waals surface area contributed by atoms with E-state index in [9.17, 15) is 14.4 Å². The molecule has 2 aliphatic rings. The summed E-state index contributed by atoms with van der Waals surface area (Å²) in [4.78, 5) is 40.4. The first kappa shape index (κ1) is 19.5. The van der Waals surface area contributed by atoms with Crippen LogP contribution in [-0.4, -0.2) is 22.9 Å². The van der Waals surface area contributed by atoms with Gasteiger partial charge in [-0.25, -0.2) is 4.79 Å². The quantitative estimate of drug-likeness (QED) is 0.613. The summed E-state index contributed by atoms with van der Waals surface area (Å²) in [5, 5.41) is 3.59. The maximum Gasteiger partial charge on any atom is 0.344 e. The number of hydrazine groups is 1. The number of thiophene rings is 1. The molecule has 0 bridgehead atoms. The van der Waals surface area contributed by atoms with Crippen LogP contribution < -0.4 is 10.7 Å². The van der Waals surface area contributed by atoms with Gasteiger partial charge in [-0.05, 0) is 47.6 Å². The van der Waals surface area contributed by atoms with E-state index in [1.165, 1.54) is 16.9 Å². The Morgan fingerprint density at radius 2 is 1.77 bits per heavy atom. The highest BCUT2D eigenvalue weighted by Gasteiger charge is 2.52. The van der Waals surface area contributed by atoms with Gasteiger partial charge < -0.3 is 5.32 Å². The summed E-state index contributed by atoms with van der Waals surface area (Å²) in [5.74, 6) is -0.938. The number of carbonyl (C=O) groups is 3. The van der Waals surface area contributed by atoms with Crippen LogP contribution in [0.25, 0.3) is 10.4 Å². The predicted molar refractivity (Wildman–Crippen MR) is 118 cm³/mol. The molecule has 0 spiro atoms. The fourth-order valence-electron chi connectivity index (χ4n) is 4.38. The molecule has 6 nitrogen and oxygen atoms in total. The van der Waals surface area contributed by atoms with Crippen LogP contribution in [0.3, 0.4) is 0 Å². The number of fused-ring (bicyclic) bond motifs is 3. The number of aryl methyl sites for hydroxylation is 2. The number of urea groups is 1. The van der Waals surface area contributed by atoms with Gasteiger partial charge in [0.15, 0.2) is 0 Å². The largest absolute Gasteiger partial charge is 0.344 e. The van der Waals surface area contributed by atoms with Crippen molar-refractivity contribution in [1.29, 1.82) is 0 Å². The van der Waals surface area contributed by atoms with Gasteiger partial charge in [0.25, 0.3) is 11.8 Å². The van der Waals surface area contributed by atoms with Gasteiger partial charge in [0.05, 0.1) is 4.88 Å². The molecule has 1 unspecified atom stereocenters. The Morgan fingerprint density at radius 1 is 1.06 bits per heavy atom. The van der Waals surface area contributed by atoms with E-state index < -0.39 is 23.4 Å². The van der Waals surface area contributed by atoms with Crippen molar-refractivity contribution in [3.8, 4) is 10.4 Å². The number of hydrogen-bond donors (Lipinski definition) is 2. The zero-order chi connectivity index (χ0) is 21.6. The SMILES string of the molecule is CCC1(c2ccccc2)NC(=O)N(NC(=O)c2cc3c(s2)-c2ccccc2CC3)C1=O. The molecule has 0 saturated carbocycles. The third-order valence-electron chi connectivity index (χ3n) is 6.06. The van der Waals surface area contributed by atoms with Crippen molar-refractivity contribution in [2.24, 2.45) is 0 Å². The summed E-state index contributed by atoms with van der Waals surface area (Å²) < 4.78 is 0. The van der Waals surface area contributed by atoms with E-state index in [1.54, 1.807) is 12.1 Å². The molecule has 0 radical (unpaired) electrons. The third kappa shape index (κ3) is 3.04. The standard InChI is InChI=1S/C24H21N3O3S/c1-2-24(17-9-4-3-5-10-17)22(29)27(23(30)25-24)26-21(28)19-14-16-13-12-15-8-6-7-11-18(15)20(16)31-19/h3-11,14H,2,12-13H2,1H3,(H,25,30)(H,26,28). The molecule has 1 aromatic heterocycles. The number of nitrogens with one attached hydrogen (secondary N) is 2. The summed E-state index contributed by atoms with van der Waals surface area (Å²) in [7, 11) is 0. The molecule has 2 N–H and O–H groups in total. The van der Waals surface area contributed by atoms with Gasteiger partial charge in [-0.15, -0.1) is 11.3 Å². The van der Waals surface area contributed by atoms with E-state index in [1.807, 2.05) is 43.3 Å². The Bertz CT molecular complexity index is 1200. The number of rotatable bonds is 4. The number of nitrogens with zero attached hydrogens (tertiary/aromatic N) is 1. The van der Waals surface area contributed by atoms with E-state index in [4.69, 9.17) is 0 Å². The Morgan fingerprint density at radius 3 is 2.55 bits per heavy atom. The fraction of sp³-hybridized carbons (Fsp3) is 0.208. The normalized spacial score (nSPS) is 19.6. The molecule has 1 atom stereocenters. The van der Waals surface area contributed by atoms with Crippen molar-refractivity contribution in [3.63, 3.8) is 0 Å². The second-order valence-corrected chi connectivity index (χ2v) is 8.81. The van der Waals surface area contributed by atoms with Crippen LogP contribution in [0.2, 0.25) is 0 Å². The van der Waals surface area contributed by atoms with E-state index in [0.29, 0.717) is 16.9 Å². The molecule has 2 heterocycles. The van der Waals surface area contributed by atoms with Crippen molar-refractivity contribution in [1.82, 2.24) is 15.8 Å². The molecule has 1 aliphatic heterocycles. The van der Waals surface area contributed by atoms with Crippen molar-refractivity contribution in [3.05, 3.63) is 82.2 Å². The van der Waals surface area contributed by atoms with Crippen LogP contribution >= 0.6 is 11.3 Å². The van der Waals surface area contributed by atoms with E-state index >= 15 is 0 Å². The summed E-state index contributed by atoms with van der Waals surface area (Å²) in [6, 6.07) is 18.5. The van der Waals surface area contributed by atoms with Gasteiger partial charge in [-0.1, -0.05) is 61.5 Å². The highest BCUT2D eigenvalue weighted by Crippen LogP contribution is 2.39. The minimum Gasteiger partial charge on any atom is -0.318 e. The molecule has 3 aromatic rings. The molecular weight excluding hydrogens is 410 g/mol. The molecule has 31 heavy (non-hydrogen) atoms. The second-order valence-electron chi connectivity index (χ2n) is 7.76. The minimum atomic E-state index is -1.18. The number of amides is 4. The zero-order valence-electron chi connectivity index (χ0n) is 17.0. The molecule has 156 valence electrons. The van der Waals surface area contributed by atoms with Crippen molar-refractivity contribution in [2.45, 2.75) is 31.7 Å². The van der Waals surface area contributed by atoms with Crippen molar-refractivity contribution >= 4 is 29.2 Å². The Balaban J connectivity index is 1.41. The maximum atomic E-state index is 13.2. The van der Waals surface area contributed by atoms with Gasteiger partial charge in [-0.3, -0.25) is 15.0 Å². The van der Waals surface area contributed by atoms with Crippen LogP contribution in [-0.2, 0) is 23.2 Å². The monoisotopic (exact) mass is 431 g/mol. The van der Waals surface area contributed by atoms with Crippen LogP contribution in [0.1, 0.15) is 39.7 Å². The van der Waals surface area contributed by atoms with Crippen LogP contribution in [0.5, 0.6) is 0 Å². The lowest BCUT2D eigenvalue weighted by atomic mass is 9.87. The number of carbonyl (C=O) groups excluding carboxylic acids is 3. The number of imide groups is 1. The van der Waals surface area contributed by atoms with Crippen molar-refractivity contribution < 1.29 is 14.4 Å². The molecule has 7 heteroatoms. The summed E-state index contributed by atoms with van der Waals surface area (Å²) in [5.41, 5.74) is 5.58. The Kier molecular flexibility index (Phi) is 4.63. The first-order chi connectivity index (χ1) is 15.0. The average molecular weight is 432 g/mol. The highest BCUT2D eigenvalue weighted by atomic mass is 32.1. The number of benzene rings is 2. The lowest BCUT2D eigenvalue weighted by molar-refractivity contribution is -0.133. The van der Waals surface area contributed by atoms with E-state index in [2.05, 4.69) is 22.9 Å². The van der Waals surface area contributed by atoms with Gasteiger partial charge in [-0.2, -0.15) is 5.01 Å². The molecule has 2 aromatic carbocycles. The number of hydrogen-bond acceptors (Lipinski definition) is 4. The Labute approximate surface area is 183 Å². The lowest BCUT2D eigenvalue weighted by Crippen LogP contribution is -2.48. The van der Waals surface area contributed by atoms with Gasteiger partial charge in [0, 0.05) is 4.88 Å². The maximum absolute atomic E-state index is 13.2. The summed E-state index contributed by atoms with van der Waals surface area (Å²) in [6.45, 7) is 1.83. The van der Waals surface area contributed by atoms with Crippen LogP contribution in [0.15, 0.2) is 60.7 Å². The first-order valence-corrected chi connectivity index (χ1v) is 11.1. The highest BCUT2D eigenvalue weighted by molar-refractivity contribution is 7.17. The molecule has 1 saturated heterocycles. The van der Waals surface area contributed by atoms with Gasteiger partial charge in [0.2, 0.25) is 0 Å². The summed E-state index contributed by atoms with van der Waals surface area (Å²) in [6.07, 6.45) is 2.17. The lowest BCUT2D eigenvalue weighted by Gasteiger charge is -2.25. The second kappa shape index (κ2) is 7.35. The molecule has 5 rings (SSSR count). The predicted octanol–water partition coefficient (Wildman–Crippen LogP) is 4.02. The molecular formula is C24H21N3O3S. The molecule has 1 fully saturated rings. The van der Waals surface area contributed by atoms with E-state index in [-0.39, 0.29) is 0 Å². The average Bonchev–Trinajstić information content (AvgIpc) is 3.35. The van der Waals surface area contributed by atoms with Gasteiger partial charge in [0.1, 0.15) is 5.54 Å². The van der Waals surface area contributed by atoms with E-state index in [0.717, 1.165) is 33.9 Å². The van der Waals surface area contributed by atoms with Crippen LogP contribution in [0.4, 0.5) is 4.79 Å². The topological polar surface area (TPSA) is 78.5 Å². The molecule has 1 aliphatic carbocycles. The Hall–Kier alpha value is -3.45. The summed E-state index contributed by atoms with van der Waals surface area (Å²) >= 11 is 1.39. The van der Waals surface area contributed by atoms with Crippen molar-refractivity contribution in [2.75, 3.05) is 0 Å². The fourth-order valence-corrected chi connectivity index (χ4v) is 5.54. The van der Waals surface area contributed by atoms with Gasteiger partial charge >= 0.3 is 6.03 Å². The first-order valence-electron chi connectivity index (χ1n) is 10.3.